The highest BCUT2D eigenvalue weighted by atomic mass is 79.9. The van der Waals surface area contributed by atoms with E-state index in [-0.39, 0.29) is 5.56 Å². The summed E-state index contributed by atoms with van der Waals surface area (Å²) in [5.74, 6) is 0. The summed E-state index contributed by atoms with van der Waals surface area (Å²) < 4.78 is 2.52. The maximum Gasteiger partial charge on any atom is 0.279 e. The maximum absolute atomic E-state index is 12.7. The van der Waals surface area contributed by atoms with Gasteiger partial charge in [-0.3, -0.25) is 4.79 Å². The van der Waals surface area contributed by atoms with Gasteiger partial charge in [0.25, 0.3) is 5.56 Å². The molecule has 106 valence electrons. The molecule has 0 aliphatic rings. The van der Waals surface area contributed by atoms with Gasteiger partial charge in [0.15, 0.2) is 0 Å². The van der Waals surface area contributed by atoms with Gasteiger partial charge < -0.3 is 0 Å². The number of nitrogens with zero attached hydrogens (tertiary/aromatic N) is 2. The second-order valence-electron chi connectivity index (χ2n) is 4.97. The summed E-state index contributed by atoms with van der Waals surface area (Å²) in [6, 6.07) is 13.5. The average molecular weight is 343 g/mol. The quantitative estimate of drug-likeness (QED) is 0.704. The molecule has 0 fully saturated rings. The van der Waals surface area contributed by atoms with E-state index in [1.54, 1.807) is 0 Å². The average Bonchev–Trinajstić information content (AvgIpc) is 2.51. The van der Waals surface area contributed by atoms with Crippen molar-refractivity contribution in [2.75, 3.05) is 0 Å². The lowest BCUT2D eigenvalue weighted by Gasteiger charge is -2.12. The van der Waals surface area contributed by atoms with Crippen LogP contribution in [-0.4, -0.2) is 9.78 Å². The van der Waals surface area contributed by atoms with Gasteiger partial charge in [-0.15, -0.1) is 0 Å². The van der Waals surface area contributed by atoms with Crippen molar-refractivity contribution in [1.82, 2.24) is 9.78 Å². The van der Waals surface area contributed by atoms with Crippen LogP contribution < -0.4 is 5.56 Å². The summed E-state index contributed by atoms with van der Waals surface area (Å²) in [5, 5.41) is 6.11. The van der Waals surface area contributed by atoms with Crippen LogP contribution in [0, 0.1) is 6.92 Å². The van der Waals surface area contributed by atoms with Crippen LogP contribution in [-0.2, 0) is 6.42 Å². The van der Waals surface area contributed by atoms with Gasteiger partial charge in [0, 0.05) is 9.86 Å². The fourth-order valence-corrected chi connectivity index (χ4v) is 2.96. The van der Waals surface area contributed by atoms with E-state index in [1.165, 1.54) is 4.68 Å². The van der Waals surface area contributed by atoms with E-state index in [9.17, 15) is 4.79 Å². The molecule has 1 heterocycles. The van der Waals surface area contributed by atoms with Crippen molar-refractivity contribution < 1.29 is 0 Å². The van der Waals surface area contributed by atoms with Crippen molar-refractivity contribution >= 4 is 26.7 Å². The Labute approximate surface area is 131 Å². The molecule has 0 saturated carbocycles. The van der Waals surface area contributed by atoms with Crippen LogP contribution in [0.4, 0.5) is 0 Å². The molecule has 0 bridgehead atoms. The topological polar surface area (TPSA) is 34.9 Å². The van der Waals surface area contributed by atoms with E-state index in [0.717, 1.165) is 33.2 Å². The highest BCUT2D eigenvalue weighted by Crippen LogP contribution is 2.21. The molecule has 0 aliphatic carbocycles. The normalized spacial score (nSPS) is 11.0. The maximum atomic E-state index is 12.7. The second-order valence-corrected chi connectivity index (χ2v) is 5.89. The van der Waals surface area contributed by atoms with Crippen LogP contribution in [0.5, 0.6) is 0 Å². The lowest BCUT2D eigenvalue weighted by Crippen LogP contribution is -2.23. The summed E-state index contributed by atoms with van der Waals surface area (Å²) in [5.41, 5.74) is 2.72. The molecular weight excluding hydrogens is 328 g/mol. The van der Waals surface area contributed by atoms with Crippen LogP contribution in [0.2, 0.25) is 0 Å². The zero-order valence-electron chi connectivity index (χ0n) is 11.9. The summed E-state index contributed by atoms with van der Waals surface area (Å²) >= 11 is 3.47. The molecule has 21 heavy (non-hydrogen) atoms. The lowest BCUT2D eigenvalue weighted by atomic mass is 10.1. The Morgan fingerprint density at radius 3 is 2.57 bits per heavy atom. The first-order chi connectivity index (χ1) is 10.1. The van der Waals surface area contributed by atoms with Gasteiger partial charge in [-0.1, -0.05) is 41.1 Å². The van der Waals surface area contributed by atoms with Crippen LogP contribution in [0.15, 0.2) is 51.7 Å². The van der Waals surface area contributed by atoms with E-state index in [0.29, 0.717) is 5.39 Å². The fourth-order valence-electron chi connectivity index (χ4n) is 2.56. The SMILES string of the molecule is CCc1cc(Br)ccc1-n1nc(C)c2ccccc2c1=O. The molecule has 0 aliphatic heterocycles. The molecule has 0 spiro atoms. The summed E-state index contributed by atoms with van der Waals surface area (Å²) in [4.78, 5) is 12.7. The van der Waals surface area contributed by atoms with Crippen molar-refractivity contribution in [1.29, 1.82) is 0 Å². The molecule has 3 rings (SSSR count). The van der Waals surface area contributed by atoms with Crippen molar-refractivity contribution in [2.24, 2.45) is 0 Å². The Balaban J connectivity index is 2.36. The number of hydrogen-bond donors (Lipinski definition) is 0. The predicted octanol–water partition coefficient (Wildman–Crippen LogP) is 4.02. The minimum absolute atomic E-state index is 0.0757. The largest absolute Gasteiger partial charge is 0.279 e. The molecule has 2 aromatic carbocycles. The molecule has 0 amide bonds. The number of rotatable bonds is 2. The van der Waals surface area contributed by atoms with Gasteiger partial charge in [-0.2, -0.15) is 9.78 Å². The molecule has 0 unspecified atom stereocenters. The Kier molecular flexibility index (Phi) is 3.64. The molecule has 1 aromatic heterocycles. The first-order valence-electron chi connectivity index (χ1n) is 6.89. The highest BCUT2D eigenvalue weighted by molar-refractivity contribution is 9.10. The summed E-state index contributed by atoms with van der Waals surface area (Å²) in [6.45, 7) is 4.01. The van der Waals surface area contributed by atoms with Crippen LogP contribution >= 0.6 is 15.9 Å². The monoisotopic (exact) mass is 342 g/mol. The van der Waals surface area contributed by atoms with E-state index in [1.807, 2.05) is 49.4 Å². The molecule has 0 radical (unpaired) electrons. The van der Waals surface area contributed by atoms with Crippen molar-refractivity contribution in [3.05, 3.63) is 68.5 Å². The zero-order valence-corrected chi connectivity index (χ0v) is 13.5. The number of benzene rings is 2. The van der Waals surface area contributed by atoms with Crippen molar-refractivity contribution in [3.63, 3.8) is 0 Å². The van der Waals surface area contributed by atoms with Gasteiger partial charge in [0.1, 0.15) is 0 Å². The minimum atomic E-state index is -0.0757. The number of hydrogen-bond acceptors (Lipinski definition) is 2. The van der Waals surface area contributed by atoms with Crippen LogP contribution in [0.3, 0.4) is 0 Å². The third-order valence-electron chi connectivity index (χ3n) is 3.64. The molecule has 0 saturated heterocycles. The standard InChI is InChI=1S/C17H15BrN2O/c1-3-12-10-13(18)8-9-16(12)20-17(21)15-7-5-4-6-14(15)11(2)19-20/h4-10H,3H2,1-2H3. The zero-order chi connectivity index (χ0) is 15.0. The molecule has 0 N–H and O–H groups in total. The number of halogens is 1. The Morgan fingerprint density at radius 1 is 1.14 bits per heavy atom. The third-order valence-corrected chi connectivity index (χ3v) is 4.13. The van der Waals surface area contributed by atoms with E-state index >= 15 is 0 Å². The molecular formula is C17H15BrN2O. The Hall–Kier alpha value is -1.94. The van der Waals surface area contributed by atoms with Gasteiger partial charge in [0.2, 0.25) is 0 Å². The van der Waals surface area contributed by atoms with Crippen LogP contribution in [0.1, 0.15) is 18.2 Å². The molecule has 3 aromatic rings. The molecule has 4 heteroatoms. The number of fused-ring (bicyclic) bond motifs is 1. The Bertz CT molecular complexity index is 884. The first kappa shape index (κ1) is 14.0. The summed E-state index contributed by atoms with van der Waals surface area (Å²) in [7, 11) is 0. The van der Waals surface area contributed by atoms with Crippen molar-refractivity contribution in [3.8, 4) is 5.69 Å². The summed E-state index contributed by atoms with van der Waals surface area (Å²) in [6.07, 6.45) is 0.842. The van der Waals surface area contributed by atoms with Gasteiger partial charge in [-0.05, 0) is 43.2 Å². The highest BCUT2D eigenvalue weighted by Gasteiger charge is 2.11. The minimum Gasteiger partial charge on any atom is -0.267 e. The smallest absolute Gasteiger partial charge is 0.267 e. The molecule has 3 nitrogen and oxygen atoms in total. The van der Waals surface area contributed by atoms with Gasteiger partial charge in [-0.25, -0.2) is 0 Å². The lowest BCUT2D eigenvalue weighted by molar-refractivity contribution is 0.790. The second kappa shape index (κ2) is 5.45. The van der Waals surface area contributed by atoms with Crippen LogP contribution in [0.25, 0.3) is 16.5 Å². The predicted molar refractivity (Wildman–Crippen MR) is 89.2 cm³/mol. The molecule has 0 atom stereocenters. The fraction of sp³-hybridized carbons (Fsp3) is 0.176. The van der Waals surface area contributed by atoms with Crippen molar-refractivity contribution in [2.45, 2.75) is 20.3 Å². The third kappa shape index (κ3) is 2.40. The van der Waals surface area contributed by atoms with E-state index in [4.69, 9.17) is 0 Å². The number of aromatic nitrogens is 2. The van der Waals surface area contributed by atoms with E-state index in [2.05, 4.69) is 28.0 Å². The number of aryl methyl sites for hydroxylation is 2. The van der Waals surface area contributed by atoms with E-state index < -0.39 is 0 Å². The first-order valence-corrected chi connectivity index (χ1v) is 7.68. The van der Waals surface area contributed by atoms with Gasteiger partial charge in [0.05, 0.1) is 16.8 Å². The Morgan fingerprint density at radius 2 is 1.86 bits per heavy atom. The van der Waals surface area contributed by atoms with Gasteiger partial charge >= 0.3 is 0 Å².